The van der Waals surface area contributed by atoms with Gasteiger partial charge in [0.25, 0.3) is 6.02 Å². The number of hydrogen-bond acceptors (Lipinski definition) is 6. The predicted octanol–water partition coefficient (Wildman–Crippen LogP) is 2.82. The topological polar surface area (TPSA) is 82.6 Å². The van der Waals surface area contributed by atoms with Gasteiger partial charge in [-0.15, -0.1) is 0 Å². The zero-order valence-corrected chi connectivity index (χ0v) is 15.5. The van der Waals surface area contributed by atoms with E-state index in [1.165, 1.54) is 11.1 Å². The van der Waals surface area contributed by atoms with Crippen LogP contribution in [0.25, 0.3) is 11.1 Å². The molecule has 2 heterocycles. The summed E-state index contributed by atoms with van der Waals surface area (Å²) in [5.41, 5.74) is 10.4. The van der Waals surface area contributed by atoms with Gasteiger partial charge in [0.15, 0.2) is 0 Å². The second kappa shape index (κ2) is 6.02. The SMILES string of the molecule is COC1CCC2(CC1)Cc1ccc(-c3cncnc3)cc1C21COC(N)=N1. The second-order valence-electron chi connectivity index (χ2n) is 7.99. The number of amidine groups is 1. The maximum Gasteiger partial charge on any atom is 0.283 e. The molecule has 0 bridgehead atoms. The summed E-state index contributed by atoms with van der Waals surface area (Å²) in [4.78, 5) is 13.2. The van der Waals surface area contributed by atoms with E-state index in [1.54, 1.807) is 6.33 Å². The van der Waals surface area contributed by atoms with Crippen LogP contribution in [0.15, 0.2) is 41.9 Å². The molecule has 3 aliphatic rings. The predicted molar refractivity (Wildman–Crippen MR) is 102 cm³/mol. The molecule has 1 unspecified atom stereocenters. The Morgan fingerprint density at radius 2 is 1.93 bits per heavy atom. The molecule has 0 radical (unpaired) electrons. The lowest BCUT2D eigenvalue weighted by molar-refractivity contribution is -0.00983. The summed E-state index contributed by atoms with van der Waals surface area (Å²) in [6.45, 7) is 0.526. The molecule has 0 amide bonds. The van der Waals surface area contributed by atoms with E-state index in [-0.39, 0.29) is 5.41 Å². The van der Waals surface area contributed by atoms with Crippen molar-refractivity contribution in [3.8, 4) is 11.1 Å². The van der Waals surface area contributed by atoms with Crippen LogP contribution in [0.4, 0.5) is 0 Å². The van der Waals surface area contributed by atoms with Gasteiger partial charge in [-0.2, -0.15) is 0 Å². The quantitative estimate of drug-likeness (QED) is 0.886. The Kier molecular flexibility index (Phi) is 3.72. The minimum absolute atomic E-state index is 0.0529. The van der Waals surface area contributed by atoms with Crippen molar-refractivity contribution in [2.75, 3.05) is 13.7 Å². The number of hydrogen-bond donors (Lipinski definition) is 1. The first-order valence-corrected chi connectivity index (χ1v) is 9.56. The minimum atomic E-state index is -0.392. The van der Waals surface area contributed by atoms with Gasteiger partial charge in [-0.25, -0.2) is 15.0 Å². The number of benzene rings is 1. The first-order chi connectivity index (χ1) is 13.2. The molecule has 2 aromatic rings. The van der Waals surface area contributed by atoms with Crippen molar-refractivity contribution in [2.24, 2.45) is 16.1 Å². The monoisotopic (exact) mass is 364 g/mol. The van der Waals surface area contributed by atoms with Gasteiger partial charge in [-0.05, 0) is 54.9 Å². The summed E-state index contributed by atoms with van der Waals surface area (Å²) in [5.74, 6) is 0. The van der Waals surface area contributed by atoms with Crippen molar-refractivity contribution >= 4 is 6.02 Å². The fourth-order valence-electron chi connectivity index (χ4n) is 5.35. The third kappa shape index (κ3) is 2.39. The zero-order chi connectivity index (χ0) is 18.5. The fraction of sp³-hybridized carbons (Fsp3) is 0.476. The highest BCUT2D eigenvalue weighted by Gasteiger charge is 2.61. The van der Waals surface area contributed by atoms with Gasteiger partial charge in [0.2, 0.25) is 0 Å². The smallest absolute Gasteiger partial charge is 0.283 e. The number of aromatic nitrogens is 2. The van der Waals surface area contributed by atoms with Crippen LogP contribution in [0.2, 0.25) is 0 Å². The van der Waals surface area contributed by atoms with E-state index in [9.17, 15) is 0 Å². The Labute approximate surface area is 158 Å². The maximum absolute atomic E-state index is 6.02. The van der Waals surface area contributed by atoms with E-state index >= 15 is 0 Å². The summed E-state index contributed by atoms with van der Waals surface area (Å²) in [6.07, 6.45) is 10.9. The van der Waals surface area contributed by atoms with E-state index < -0.39 is 5.54 Å². The van der Waals surface area contributed by atoms with Gasteiger partial charge in [0, 0.05) is 30.5 Å². The summed E-state index contributed by atoms with van der Waals surface area (Å²) in [6, 6.07) is 6.95. The molecular formula is C21H24N4O2. The average Bonchev–Trinajstić information content (AvgIpc) is 3.23. The molecule has 2 aliphatic carbocycles. The highest BCUT2D eigenvalue weighted by atomic mass is 16.5. The third-order valence-corrected chi connectivity index (χ3v) is 6.81. The van der Waals surface area contributed by atoms with Gasteiger partial charge in [0.05, 0.1) is 6.10 Å². The number of methoxy groups -OCH3 is 1. The van der Waals surface area contributed by atoms with E-state index in [2.05, 4.69) is 28.2 Å². The lowest BCUT2D eigenvalue weighted by Gasteiger charge is -2.45. The molecule has 2 spiro atoms. The van der Waals surface area contributed by atoms with Crippen LogP contribution in [0.3, 0.4) is 0 Å². The molecule has 6 heteroatoms. The number of rotatable bonds is 2. The van der Waals surface area contributed by atoms with E-state index in [4.69, 9.17) is 20.2 Å². The van der Waals surface area contributed by atoms with Crippen LogP contribution in [0, 0.1) is 5.41 Å². The van der Waals surface area contributed by atoms with Crippen LogP contribution in [0.1, 0.15) is 36.8 Å². The van der Waals surface area contributed by atoms with Crippen LogP contribution in [-0.2, 0) is 21.4 Å². The molecule has 1 aliphatic heterocycles. The molecule has 2 N–H and O–H groups in total. The lowest BCUT2D eigenvalue weighted by atomic mass is 9.62. The molecule has 0 saturated heterocycles. The summed E-state index contributed by atoms with van der Waals surface area (Å²) >= 11 is 0. The van der Waals surface area contributed by atoms with Crippen molar-refractivity contribution in [2.45, 2.75) is 43.7 Å². The van der Waals surface area contributed by atoms with Gasteiger partial charge in [0.1, 0.15) is 18.5 Å². The minimum Gasteiger partial charge on any atom is -0.462 e. The molecular weight excluding hydrogens is 340 g/mol. The molecule has 1 aromatic carbocycles. The van der Waals surface area contributed by atoms with Gasteiger partial charge in [-0.3, -0.25) is 0 Å². The second-order valence-corrected chi connectivity index (χ2v) is 7.99. The van der Waals surface area contributed by atoms with Crippen molar-refractivity contribution < 1.29 is 9.47 Å². The Morgan fingerprint density at radius 3 is 2.59 bits per heavy atom. The number of aliphatic imine (C=N–C) groups is 1. The first kappa shape index (κ1) is 16.7. The average molecular weight is 364 g/mol. The van der Waals surface area contributed by atoms with E-state index in [0.717, 1.165) is 43.2 Å². The number of ether oxygens (including phenoxy) is 2. The zero-order valence-electron chi connectivity index (χ0n) is 15.5. The summed E-state index contributed by atoms with van der Waals surface area (Å²) in [5, 5.41) is 0. The Hall–Kier alpha value is -2.47. The third-order valence-electron chi connectivity index (χ3n) is 6.81. The van der Waals surface area contributed by atoms with E-state index in [1.807, 2.05) is 19.5 Å². The number of nitrogens with two attached hydrogens (primary N) is 1. The van der Waals surface area contributed by atoms with Gasteiger partial charge in [-0.1, -0.05) is 12.1 Å². The molecule has 5 rings (SSSR count). The highest BCUT2D eigenvalue weighted by molar-refractivity contribution is 5.75. The number of nitrogens with zero attached hydrogens (tertiary/aromatic N) is 3. The standard InChI is InChI=1S/C21H24N4O2/c1-26-17-4-6-20(7-5-17)9-15-3-2-14(16-10-23-13-24-11-16)8-18(15)21(20)12-27-19(22)25-21/h2-3,8,10-11,13,17H,4-7,9,12H2,1H3,(H2,22,25). The molecule has 1 fully saturated rings. The van der Waals surface area contributed by atoms with Crippen LogP contribution < -0.4 is 5.73 Å². The molecule has 140 valence electrons. The van der Waals surface area contributed by atoms with Crippen LogP contribution >= 0.6 is 0 Å². The largest absolute Gasteiger partial charge is 0.462 e. The fourth-order valence-corrected chi connectivity index (χ4v) is 5.35. The van der Waals surface area contributed by atoms with Crippen molar-refractivity contribution in [1.82, 2.24) is 9.97 Å². The molecule has 1 aromatic heterocycles. The number of fused-ring (bicyclic) bond motifs is 3. The van der Waals surface area contributed by atoms with Gasteiger partial charge >= 0.3 is 0 Å². The molecule has 6 nitrogen and oxygen atoms in total. The van der Waals surface area contributed by atoms with Crippen LogP contribution in [0.5, 0.6) is 0 Å². The summed E-state index contributed by atoms with van der Waals surface area (Å²) < 4.78 is 11.4. The Balaban J connectivity index is 1.61. The van der Waals surface area contributed by atoms with Crippen molar-refractivity contribution in [3.05, 3.63) is 48.0 Å². The Morgan fingerprint density at radius 1 is 1.15 bits per heavy atom. The van der Waals surface area contributed by atoms with Crippen LogP contribution in [-0.4, -0.2) is 35.8 Å². The highest BCUT2D eigenvalue weighted by Crippen LogP contribution is 2.61. The maximum atomic E-state index is 6.02. The normalized spacial score (nSPS) is 31.7. The lowest BCUT2D eigenvalue weighted by Crippen LogP contribution is -2.46. The Bertz CT molecular complexity index is 890. The molecule has 1 atom stereocenters. The molecule has 27 heavy (non-hydrogen) atoms. The van der Waals surface area contributed by atoms with Gasteiger partial charge < -0.3 is 15.2 Å². The van der Waals surface area contributed by atoms with E-state index in [0.29, 0.717) is 18.7 Å². The molecule has 1 saturated carbocycles. The van der Waals surface area contributed by atoms with Crippen molar-refractivity contribution in [3.63, 3.8) is 0 Å². The summed E-state index contributed by atoms with van der Waals surface area (Å²) in [7, 11) is 1.81. The first-order valence-electron chi connectivity index (χ1n) is 9.56. The van der Waals surface area contributed by atoms with Crippen molar-refractivity contribution in [1.29, 1.82) is 0 Å².